The molecule has 1 aromatic heterocycles. The Morgan fingerprint density at radius 3 is 2.67 bits per heavy atom. The van der Waals surface area contributed by atoms with E-state index in [9.17, 15) is 10.1 Å². The molecule has 48 heavy (non-hydrogen) atoms. The summed E-state index contributed by atoms with van der Waals surface area (Å²) in [6, 6.07) is 26.8. The highest BCUT2D eigenvalue weighted by Gasteiger charge is 2.35. The zero-order chi connectivity index (χ0) is 32.0. The van der Waals surface area contributed by atoms with Gasteiger partial charge < -0.3 is 34.2 Å². The van der Waals surface area contributed by atoms with Gasteiger partial charge in [0.1, 0.15) is 19.0 Å². The van der Waals surface area contributed by atoms with Gasteiger partial charge in [0.2, 0.25) is 0 Å². The lowest BCUT2D eigenvalue weighted by molar-refractivity contribution is 0.0576. The normalized spacial score (nSPS) is 19.2. The number of nitrogens with one attached hydrogen (secondary N) is 1. The Balaban J connectivity index is 0.00000401. The number of anilines is 2. The molecular weight excluding hydrogens is 630 g/mol. The van der Waals surface area contributed by atoms with Gasteiger partial charge in [-0.25, -0.2) is 4.79 Å². The number of fused-ring (bicyclic) bond motifs is 2. The van der Waals surface area contributed by atoms with Gasteiger partial charge in [-0.15, -0.1) is 12.4 Å². The number of carbonyl (C=O) groups is 1. The Labute approximate surface area is 286 Å². The first-order valence-corrected chi connectivity index (χ1v) is 16.3. The molecule has 2 fully saturated rings. The molecule has 1 amide bonds. The summed E-state index contributed by atoms with van der Waals surface area (Å²) in [6.07, 6.45) is 0.542. The predicted molar refractivity (Wildman–Crippen MR) is 186 cm³/mol. The maximum atomic E-state index is 13.2. The summed E-state index contributed by atoms with van der Waals surface area (Å²) in [4.78, 5) is 29.4. The summed E-state index contributed by atoms with van der Waals surface area (Å²) in [5.41, 5.74) is 4.11. The van der Waals surface area contributed by atoms with Crippen LogP contribution in [-0.4, -0.2) is 85.6 Å². The molecule has 0 aliphatic carbocycles. The monoisotopic (exact) mass is 669 g/mol. The summed E-state index contributed by atoms with van der Waals surface area (Å²) < 4.78 is 17.5. The highest BCUT2D eigenvalue weighted by Crippen LogP contribution is 2.35. The number of piperazine rings is 1. The number of rotatable bonds is 8. The van der Waals surface area contributed by atoms with Gasteiger partial charge in [-0.2, -0.15) is 15.2 Å². The largest absolute Gasteiger partial charge is 0.462 e. The van der Waals surface area contributed by atoms with Crippen LogP contribution in [-0.2, 0) is 29.0 Å². The molecule has 1 N–H and O–H groups in total. The van der Waals surface area contributed by atoms with Crippen molar-refractivity contribution in [3.8, 4) is 12.1 Å². The van der Waals surface area contributed by atoms with Crippen molar-refractivity contribution in [3.05, 3.63) is 89.6 Å². The maximum Gasteiger partial charge on any atom is 0.410 e. The summed E-state index contributed by atoms with van der Waals surface area (Å²) in [7, 11) is 0. The minimum Gasteiger partial charge on any atom is -0.462 e. The third-order valence-corrected chi connectivity index (χ3v) is 9.09. The molecular formula is C36H40ClN7O4. The number of hydrogen-bond donors (Lipinski definition) is 1. The minimum absolute atomic E-state index is 0. The van der Waals surface area contributed by atoms with Gasteiger partial charge in [0.15, 0.2) is 0 Å². The van der Waals surface area contributed by atoms with E-state index >= 15 is 0 Å². The molecule has 250 valence electrons. The van der Waals surface area contributed by atoms with E-state index in [1.54, 1.807) is 4.90 Å². The fraction of sp³-hybridized carbons (Fsp3) is 0.389. The SMILES string of the molecule is Cl.N#CCC1CN(c2nc(OC[C@H]3COCCN3)nc3c2CCN(c2cccc4ccccc24)C3)CCN1C(=O)OCc1ccccc1. The second-order valence-corrected chi connectivity index (χ2v) is 12.2. The molecule has 0 spiro atoms. The van der Waals surface area contributed by atoms with Crippen molar-refractivity contribution in [2.75, 3.05) is 62.3 Å². The lowest BCUT2D eigenvalue weighted by Gasteiger charge is -2.42. The smallest absolute Gasteiger partial charge is 0.410 e. The molecule has 0 radical (unpaired) electrons. The molecule has 12 heteroatoms. The second-order valence-electron chi connectivity index (χ2n) is 12.2. The molecule has 2 atom stereocenters. The molecule has 3 aliphatic heterocycles. The van der Waals surface area contributed by atoms with Crippen molar-refractivity contribution >= 4 is 40.8 Å². The number of aromatic nitrogens is 2. The van der Waals surface area contributed by atoms with Gasteiger partial charge in [0.25, 0.3) is 0 Å². The highest BCUT2D eigenvalue weighted by molar-refractivity contribution is 5.94. The van der Waals surface area contributed by atoms with E-state index < -0.39 is 6.09 Å². The van der Waals surface area contributed by atoms with Crippen LogP contribution >= 0.6 is 12.4 Å². The summed E-state index contributed by atoms with van der Waals surface area (Å²) in [5, 5.41) is 15.6. The number of ether oxygens (including phenoxy) is 3. The van der Waals surface area contributed by atoms with E-state index in [0.29, 0.717) is 52.0 Å². The van der Waals surface area contributed by atoms with Gasteiger partial charge in [0, 0.05) is 49.4 Å². The Bertz CT molecular complexity index is 1740. The van der Waals surface area contributed by atoms with Crippen LogP contribution in [0, 0.1) is 11.3 Å². The van der Waals surface area contributed by atoms with Crippen LogP contribution in [0.5, 0.6) is 6.01 Å². The molecule has 1 unspecified atom stereocenters. The quantitative estimate of drug-likeness (QED) is 0.283. The number of halogens is 1. The van der Waals surface area contributed by atoms with E-state index in [2.05, 4.69) is 63.7 Å². The van der Waals surface area contributed by atoms with Gasteiger partial charge in [-0.05, 0) is 23.4 Å². The Morgan fingerprint density at radius 1 is 1.00 bits per heavy atom. The third kappa shape index (κ3) is 7.41. The van der Waals surface area contributed by atoms with Crippen molar-refractivity contribution in [3.63, 3.8) is 0 Å². The van der Waals surface area contributed by atoms with Crippen molar-refractivity contribution in [2.24, 2.45) is 0 Å². The number of nitriles is 1. The van der Waals surface area contributed by atoms with Crippen LogP contribution in [0.2, 0.25) is 0 Å². The fourth-order valence-electron chi connectivity index (χ4n) is 6.68. The first-order chi connectivity index (χ1) is 23.2. The van der Waals surface area contributed by atoms with Crippen molar-refractivity contribution in [1.29, 1.82) is 5.26 Å². The Kier molecular flexibility index (Phi) is 10.8. The van der Waals surface area contributed by atoms with Crippen LogP contribution in [0.4, 0.5) is 16.3 Å². The zero-order valence-corrected chi connectivity index (χ0v) is 27.6. The first-order valence-electron chi connectivity index (χ1n) is 16.3. The number of benzene rings is 3. The Morgan fingerprint density at radius 2 is 1.83 bits per heavy atom. The number of nitrogens with zero attached hydrogens (tertiary/aromatic N) is 6. The van der Waals surface area contributed by atoms with Crippen LogP contribution in [0.15, 0.2) is 72.8 Å². The van der Waals surface area contributed by atoms with Crippen LogP contribution in [0.25, 0.3) is 10.8 Å². The van der Waals surface area contributed by atoms with Gasteiger partial charge in [0.05, 0.1) is 50.0 Å². The van der Waals surface area contributed by atoms with E-state index in [4.69, 9.17) is 24.2 Å². The van der Waals surface area contributed by atoms with E-state index in [0.717, 1.165) is 42.1 Å². The number of hydrogen-bond acceptors (Lipinski definition) is 10. The molecule has 4 aromatic rings. The summed E-state index contributed by atoms with van der Waals surface area (Å²) >= 11 is 0. The van der Waals surface area contributed by atoms with E-state index in [-0.39, 0.29) is 37.5 Å². The molecule has 2 saturated heterocycles. The summed E-state index contributed by atoms with van der Waals surface area (Å²) in [6.45, 7) is 5.49. The zero-order valence-electron chi connectivity index (χ0n) is 26.8. The topological polar surface area (TPSA) is 116 Å². The van der Waals surface area contributed by atoms with Gasteiger partial charge >= 0.3 is 12.1 Å². The molecule has 3 aromatic carbocycles. The molecule has 0 bridgehead atoms. The van der Waals surface area contributed by atoms with Crippen LogP contribution in [0.3, 0.4) is 0 Å². The number of amides is 1. The first kappa shape index (κ1) is 33.3. The highest BCUT2D eigenvalue weighted by atomic mass is 35.5. The third-order valence-electron chi connectivity index (χ3n) is 9.09. The molecule has 7 rings (SSSR count). The molecule has 0 saturated carbocycles. The standard InChI is InChI=1S/C36H39N7O4.ClH/c37-15-13-29-21-42(18-19-43(29)36(44)47-23-26-7-2-1-3-8-26)34-31-14-17-41(33-12-6-10-27-9-4-5-11-30(27)33)22-32(31)39-35(40-34)46-25-28-24-45-20-16-38-28;/h1-12,28-29,38H,13-14,16-25H2;1H/t28-,29?;/m1./s1. The lowest BCUT2D eigenvalue weighted by atomic mass is 10.0. The number of carbonyl (C=O) groups excluding carboxylic acids is 1. The minimum atomic E-state index is -0.407. The molecule has 3 aliphatic rings. The van der Waals surface area contributed by atoms with E-state index in [1.807, 2.05) is 30.3 Å². The van der Waals surface area contributed by atoms with Gasteiger partial charge in [-0.3, -0.25) is 0 Å². The molecule has 11 nitrogen and oxygen atoms in total. The van der Waals surface area contributed by atoms with Gasteiger partial charge in [-0.1, -0.05) is 66.7 Å². The fourth-order valence-corrected chi connectivity index (χ4v) is 6.68. The lowest BCUT2D eigenvalue weighted by Crippen LogP contribution is -2.55. The summed E-state index contributed by atoms with van der Waals surface area (Å²) in [5.74, 6) is 0.815. The average Bonchev–Trinajstić information content (AvgIpc) is 3.13. The molecule has 4 heterocycles. The van der Waals surface area contributed by atoms with Crippen LogP contribution < -0.4 is 19.9 Å². The second kappa shape index (κ2) is 15.5. The van der Waals surface area contributed by atoms with Crippen molar-refractivity contribution in [2.45, 2.75) is 38.1 Å². The van der Waals surface area contributed by atoms with Crippen LogP contribution in [0.1, 0.15) is 23.2 Å². The predicted octanol–water partition coefficient (Wildman–Crippen LogP) is 4.72. The number of morpholine rings is 1. The Hall–Kier alpha value is -4.63. The van der Waals surface area contributed by atoms with E-state index in [1.165, 1.54) is 16.5 Å². The average molecular weight is 670 g/mol. The van der Waals surface area contributed by atoms with Crippen molar-refractivity contribution in [1.82, 2.24) is 20.2 Å². The van der Waals surface area contributed by atoms with Crippen molar-refractivity contribution < 1.29 is 19.0 Å². The maximum absolute atomic E-state index is 13.2.